The highest BCUT2D eigenvalue weighted by Crippen LogP contribution is 2.32. The van der Waals surface area contributed by atoms with Crippen molar-refractivity contribution < 1.29 is 27.2 Å². The number of hydrogen-bond acceptors (Lipinski definition) is 4. The maximum Gasteiger partial charge on any atom is 0.416 e. The molecular formula is C18H19F4N5O2. The molecule has 0 atom stereocenters. The highest BCUT2D eigenvalue weighted by Gasteiger charge is 2.31. The van der Waals surface area contributed by atoms with Gasteiger partial charge in [0.2, 0.25) is 5.91 Å². The van der Waals surface area contributed by atoms with Gasteiger partial charge < -0.3 is 0 Å². The van der Waals surface area contributed by atoms with Crippen molar-refractivity contribution >= 4 is 18.0 Å². The molecule has 1 aromatic carbocycles. The molecule has 156 valence electrons. The molecule has 0 aliphatic rings. The van der Waals surface area contributed by atoms with Crippen LogP contribution >= 0.6 is 0 Å². The lowest BCUT2D eigenvalue weighted by Crippen LogP contribution is -2.46. The zero-order chi connectivity index (χ0) is 21.8. The molecule has 0 saturated heterocycles. The summed E-state index contributed by atoms with van der Waals surface area (Å²) >= 11 is 0. The van der Waals surface area contributed by atoms with Crippen LogP contribution in [0.25, 0.3) is 17.6 Å². The van der Waals surface area contributed by atoms with E-state index in [1.54, 1.807) is 20.8 Å². The molecule has 0 saturated carbocycles. The number of rotatable bonds is 4. The number of hydrogen-bond donors (Lipinski definition) is 2. The Morgan fingerprint density at radius 2 is 1.83 bits per heavy atom. The molecule has 2 aromatic rings. The molecule has 1 aromatic heterocycles. The van der Waals surface area contributed by atoms with Crippen LogP contribution < -0.4 is 10.9 Å². The van der Waals surface area contributed by atoms with E-state index in [0.29, 0.717) is 0 Å². The van der Waals surface area contributed by atoms with Gasteiger partial charge in [-0.1, -0.05) is 20.8 Å². The average Bonchev–Trinajstić information content (AvgIpc) is 3.11. The number of carbonyl (C=O) groups is 2. The van der Waals surface area contributed by atoms with Gasteiger partial charge in [0.05, 0.1) is 5.56 Å². The smallest absolute Gasteiger partial charge is 0.273 e. The van der Waals surface area contributed by atoms with Crippen molar-refractivity contribution in [2.45, 2.75) is 33.6 Å². The molecule has 0 radical (unpaired) electrons. The first-order valence-electron chi connectivity index (χ1n) is 8.37. The molecule has 0 aliphatic heterocycles. The summed E-state index contributed by atoms with van der Waals surface area (Å²) in [7, 11) is 0. The first kappa shape index (κ1) is 22.1. The van der Waals surface area contributed by atoms with E-state index in [4.69, 9.17) is 0 Å². The monoisotopic (exact) mass is 413 g/mol. The molecule has 2 N–H and O–H groups in total. The Hall–Kier alpha value is -3.24. The van der Waals surface area contributed by atoms with Gasteiger partial charge in [-0.25, -0.2) is 14.1 Å². The van der Waals surface area contributed by atoms with Crippen LogP contribution in [-0.2, 0) is 22.4 Å². The molecule has 0 bridgehead atoms. The Morgan fingerprint density at radius 3 is 2.41 bits per heavy atom. The lowest BCUT2D eigenvalue weighted by molar-refractivity contribution is -0.137. The molecule has 11 heteroatoms. The van der Waals surface area contributed by atoms with Crippen LogP contribution in [-0.4, -0.2) is 26.6 Å². The quantitative estimate of drug-likeness (QED) is 0.458. The van der Waals surface area contributed by atoms with Crippen LogP contribution in [0.2, 0.25) is 0 Å². The molecule has 2 rings (SSSR count). The normalized spacial score (nSPS) is 12.2. The van der Waals surface area contributed by atoms with Gasteiger partial charge >= 0.3 is 6.18 Å². The van der Waals surface area contributed by atoms with Crippen molar-refractivity contribution in [3.05, 3.63) is 41.7 Å². The van der Waals surface area contributed by atoms with E-state index < -0.39 is 35.6 Å². The van der Waals surface area contributed by atoms with Gasteiger partial charge in [0.1, 0.15) is 13.0 Å². The van der Waals surface area contributed by atoms with Gasteiger partial charge in [-0.15, -0.1) is 5.10 Å². The van der Waals surface area contributed by atoms with Crippen molar-refractivity contribution in [2.75, 3.05) is 0 Å². The maximum absolute atomic E-state index is 13.0. The summed E-state index contributed by atoms with van der Waals surface area (Å²) in [6.45, 7) is 3.94. The second kappa shape index (κ2) is 8.41. The molecular weight excluding hydrogens is 394 g/mol. The van der Waals surface area contributed by atoms with Gasteiger partial charge in [-0.3, -0.25) is 20.4 Å². The molecule has 0 aliphatic carbocycles. The SMILES string of the molecule is CC(C)(C)C(=O)NNC(=O)/C=C\n1cnc(-c2cc(CF)cc(C(F)(F)F)c2)n1. The Balaban J connectivity index is 2.12. The Kier molecular flexibility index (Phi) is 6.40. The summed E-state index contributed by atoms with van der Waals surface area (Å²) in [6.07, 6.45) is -1.24. The second-order valence-corrected chi connectivity index (χ2v) is 7.11. The van der Waals surface area contributed by atoms with Crippen molar-refractivity contribution in [2.24, 2.45) is 5.41 Å². The third kappa shape index (κ3) is 6.13. The number of halogens is 4. The van der Waals surface area contributed by atoms with E-state index in [2.05, 4.69) is 20.9 Å². The molecule has 29 heavy (non-hydrogen) atoms. The van der Waals surface area contributed by atoms with Crippen LogP contribution in [0.4, 0.5) is 17.6 Å². The number of benzene rings is 1. The fourth-order valence-corrected chi connectivity index (χ4v) is 2.03. The predicted molar refractivity (Wildman–Crippen MR) is 96.3 cm³/mol. The topological polar surface area (TPSA) is 88.9 Å². The summed E-state index contributed by atoms with van der Waals surface area (Å²) in [6, 6.07) is 2.75. The molecule has 0 unspecified atom stereocenters. The molecule has 1 heterocycles. The zero-order valence-corrected chi connectivity index (χ0v) is 15.8. The maximum atomic E-state index is 13.0. The minimum Gasteiger partial charge on any atom is -0.273 e. The molecule has 0 fully saturated rings. The van der Waals surface area contributed by atoms with Gasteiger partial charge in [0.25, 0.3) is 5.91 Å². The van der Waals surface area contributed by atoms with Crippen molar-refractivity contribution in [1.82, 2.24) is 25.6 Å². The highest BCUT2D eigenvalue weighted by molar-refractivity contribution is 5.92. The number of alkyl halides is 4. The number of carbonyl (C=O) groups excluding carboxylic acids is 2. The third-order valence-electron chi connectivity index (χ3n) is 3.60. The van der Waals surface area contributed by atoms with Crippen LogP contribution in [0, 0.1) is 5.41 Å². The van der Waals surface area contributed by atoms with Gasteiger partial charge in [0.15, 0.2) is 5.82 Å². The molecule has 0 spiro atoms. The standard InChI is InChI=1S/C18H19F4N5O2/c1-17(2,3)16(29)25-24-14(28)4-5-27-10-23-15(26-27)12-6-11(9-19)7-13(8-12)18(20,21)22/h4-8,10H,9H2,1-3H3,(H,24,28)(H,25,29)/b5-4-. The van der Waals surface area contributed by atoms with Crippen molar-refractivity contribution in [3.8, 4) is 11.4 Å². The first-order chi connectivity index (χ1) is 13.4. The van der Waals surface area contributed by atoms with E-state index in [1.807, 2.05) is 0 Å². The van der Waals surface area contributed by atoms with Crippen molar-refractivity contribution in [3.63, 3.8) is 0 Å². The third-order valence-corrected chi connectivity index (χ3v) is 3.60. The van der Waals surface area contributed by atoms with E-state index in [0.717, 1.165) is 22.9 Å². The largest absolute Gasteiger partial charge is 0.416 e. The minimum atomic E-state index is -4.64. The molecule has 7 nitrogen and oxygen atoms in total. The van der Waals surface area contributed by atoms with E-state index in [9.17, 15) is 27.2 Å². The minimum absolute atomic E-state index is 0.0125. The Bertz CT molecular complexity index is 929. The van der Waals surface area contributed by atoms with Crippen LogP contribution in [0.15, 0.2) is 30.6 Å². The van der Waals surface area contributed by atoms with E-state index in [-0.39, 0.29) is 17.0 Å². The van der Waals surface area contributed by atoms with Crippen LogP contribution in [0.1, 0.15) is 31.9 Å². The summed E-state index contributed by atoms with van der Waals surface area (Å²) in [5, 5.41) is 3.95. The average molecular weight is 413 g/mol. The highest BCUT2D eigenvalue weighted by atomic mass is 19.4. The fraction of sp³-hybridized carbons (Fsp3) is 0.333. The van der Waals surface area contributed by atoms with E-state index in [1.165, 1.54) is 18.6 Å². The van der Waals surface area contributed by atoms with Gasteiger partial charge in [0, 0.05) is 23.3 Å². The number of nitrogens with one attached hydrogen (secondary N) is 2. The van der Waals surface area contributed by atoms with Gasteiger partial charge in [-0.05, 0) is 23.8 Å². The summed E-state index contributed by atoms with van der Waals surface area (Å²) < 4.78 is 52.9. The van der Waals surface area contributed by atoms with Gasteiger partial charge in [-0.2, -0.15) is 13.2 Å². The fourth-order valence-electron chi connectivity index (χ4n) is 2.03. The zero-order valence-electron chi connectivity index (χ0n) is 15.8. The molecule has 2 amide bonds. The lowest BCUT2D eigenvalue weighted by atomic mass is 9.96. The summed E-state index contributed by atoms with van der Waals surface area (Å²) in [4.78, 5) is 27.3. The van der Waals surface area contributed by atoms with Crippen LogP contribution in [0.3, 0.4) is 0 Å². The Morgan fingerprint density at radius 1 is 1.14 bits per heavy atom. The van der Waals surface area contributed by atoms with Crippen molar-refractivity contribution in [1.29, 1.82) is 0 Å². The van der Waals surface area contributed by atoms with E-state index >= 15 is 0 Å². The number of nitrogens with zero attached hydrogens (tertiary/aromatic N) is 3. The second-order valence-electron chi connectivity index (χ2n) is 7.11. The predicted octanol–water partition coefficient (Wildman–Crippen LogP) is 3.10. The van der Waals surface area contributed by atoms with Crippen LogP contribution in [0.5, 0.6) is 0 Å². The number of aromatic nitrogens is 3. The number of hydrazine groups is 1. The summed E-state index contributed by atoms with van der Waals surface area (Å²) in [5.74, 6) is -1.12. The summed E-state index contributed by atoms with van der Waals surface area (Å²) in [5.41, 5.74) is 2.56. The Labute approximate surface area is 163 Å². The number of amides is 2. The first-order valence-corrected chi connectivity index (χ1v) is 8.37. The lowest BCUT2D eigenvalue weighted by Gasteiger charge is -2.17.